The molecule has 0 unspecified atom stereocenters. The average Bonchev–Trinajstić information content (AvgIpc) is 2.49. The lowest BCUT2D eigenvalue weighted by molar-refractivity contribution is 0.600. The van der Waals surface area contributed by atoms with Gasteiger partial charge in [0.25, 0.3) is 0 Å². The molecule has 1 heterocycles. The van der Waals surface area contributed by atoms with Crippen molar-refractivity contribution >= 4 is 27.2 Å². The van der Waals surface area contributed by atoms with E-state index in [9.17, 15) is 8.42 Å². The minimum absolute atomic E-state index is 0.106. The summed E-state index contributed by atoms with van der Waals surface area (Å²) in [6, 6.07) is 11.6. The van der Waals surface area contributed by atoms with Crippen molar-refractivity contribution < 1.29 is 8.42 Å². The first-order valence-corrected chi connectivity index (χ1v) is 9.39. The van der Waals surface area contributed by atoms with Crippen LogP contribution in [0.3, 0.4) is 0 Å². The minimum Gasteiger partial charge on any atom is -0.340 e. The topological polar surface area (TPSA) is 71.1 Å². The molecule has 0 aliphatic heterocycles. The lowest BCUT2D eigenvalue weighted by Gasteiger charge is -2.14. The van der Waals surface area contributed by atoms with Gasteiger partial charge in [-0.2, -0.15) is 0 Å². The van der Waals surface area contributed by atoms with Crippen molar-refractivity contribution in [1.29, 1.82) is 0 Å². The predicted molar refractivity (Wildman–Crippen MR) is 95.8 cm³/mol. The number of sulfonamides is 1. The molecule has 5 nitrogen and oxygen atoms in total. The summed E-state index contributed by atoms with van der Waals surface area (Å²) in [7, 11) is -3.28. The Morgan fingerprint density at radius 2 is 1.87 bits per heavy atom. The lowest BCUT2D eigenvalue weighted by Crippen LogP contribution is -2.16. The van der Waals surface area contributed by atoms with E-state index in [2.05, 4.69) is 34.9 Å². The summed E-state index contributed by atoms with van der Waals surface area (Å²) in [5.74, 6) is 1.18. The molecule has 2 aromatic rings. The van der Waals surface area contributed by atoms with Crippen LogP contribution in [0.15, 0.2) is 42.6 Å². The number of anilines is 3. The highest BCUT2D eigenvalue weighted by Gasteiger charge is 2.10. The Hall–Kier alpha value is -2.08. The van der Waals surface area contributed by atoms with Crippen molar-refractivity contribution in [2.75, 3.05) is 15.8 Å². The molecule has 0 aliphatic carbocycles. The van der Waals surface area contributed by atoms with Crippen LogP contribution >= 0.6 is 0 Å². The lowest BCUT2D eigenvalue weighted by atomic mass is 10.0. The van der Waals surface area contributed by atoms with E-state index in [4.69, 9.17) is 0 Å². The van der Waals surface area contributed by atoms with Gasteiger partial charge in [-0.3, -0.25) is 4.72 Å². The Bertz CT molecular complexity index is 741. The van der Waals surface area contributed by atoms with Crippen LogP contribution in [0.25, 0.3) is 0 Å². The molecule has 0 saturated heterocycles. The van der Waals surface area contributed by atoms with E-state index in [0.717, 1.165) is 5.69 Å². The van der Waals surface area contributed by atoms with E-state index in [1.165, 1.54) is 11.8 Å². The van der Waals surface area contributed by atoms with Crippen LogP contribution in [0.4, 0.5) is 17.2 Å². The highest BCUT2D eigenvalue weighted by atomic mass is 32.2. The van der Waals surface area contributed by atoms with Gasteiger partial charge in [-0.15, -0.1) is 0 Å². The molecule has 1 aromatic heterocycles. The fourth-order valence-electron chi connectivity index (χ4n) is 2.28. The highest BCUT2D eigenvalue weighted by Crippen LogP contribution is 2.26. The van der Waals surface area contributed by atoms with Crippen LogP contribution in [0, 0.1) is 0 Å². The molecule has 0 spiro atoms. The molecular formula is C17H23N3O2S. The Balaban J connectivity index is 2.12. The van der Waals surface area contributed by atoms with E-state index in [0.29, 0.717) is 23.8 Å². The summed E-state index contributed by atoms with van der Waals surface area (Å²) in [4.78, 5) is 4.28. The third kappa shape index (κ3) is 4.96. The van der Waals surface area contributed by atoms with Gasteiger partial charge in [-0.25, -0.2) is 13.4 Å². The van der Waals surface area contributed by atoms with Crippen molar-refractivity contribution in [3.63, 3.8) is 0 Å². The predicted octanol–water partition coefficient (Wildman–Crippen LogP) is 4.10. The number of nitrogens with one attached hydrogen (secondary N) is 2. The smallest absolute Gasteiger partial charge is 0.232 e. The summed E-state index contributed by atoms with van der Waals surface area (Å²) < 4.78 is 26.0. The minimum atomic E-state index is -3.28. The highest BCUT2D eigenvalue weighted by molar-refractivity contribution is 7.92. The SMILES string of the molecule is CCCS(=O)(=O)Nc1ccc(Nc2ccccc2C(C)C)nc1. The molecule has 0 aliphatic rings. The van der Waals surface area contributed by atoms with E-state index < -0.39 is 10.0 Å². The molecule has 2 rings (SSSR count). The van der Waals surface area contributed by atoms with Crippen LogP contribution in [0.1, 0.15) is 38.7 Å². The molecule has 6 heteroatoms. The molecule has 23 heavy (non-hydrogen) atoms. The van der Waals surface area contributed by atoms with E-state index in [1.54, 1.807) is 12.1 Å². The van der Waals surface area contributed by atoms with Gasteiger partial charge in [0, 0.05) is 5.69 Å². The van der Waals surface area contributed by atoms with Crippen molar-refractivity contribution in [2.24, 2.45) is 0 Å². The van der Waals surface area contributed by atoms with Gasteiger partial charge >= 0.3 is 0 Å². The molecule has 0 fully saturated rings. The first-order valence-electron chi connectivity index (χ1n) is 7.74. The second kappa shape index (κ2) is 7.46. The number of benzene rings is 1. The first kappa shape index (κ1) is 17.3. The van der Waals surface area contributed by atoms with Gasteiger partial charge in [-0.05, 0) is 36.1 Å². The Kier molecular flexibility index (Phi) is 5.60. The second-order valence-electron chi connectivity index (χ2n) is 5.72. The molecule has 0 atom stereocenters. The molecular weight excluding hydrogens is 310 g/mol. The number of para-hydroxylation sites is 1. The zero-order valence-electron chi connectivity index (χ0n) is 13.7. The normalized spacial score (nSPS) is 11.5. The summed E-state index contributed by atoms with van der Waals surface area (Å²) in [6.07, 6.45) is 2.10. The number of nitrogens with zero attached hydrogens (tertiary/aromatic N) is 1. The van der Waals surface area contributed by atoms with E-state index >= 15 is 0 Å². The molecule has 0 radical (unpaired) electrons. The zero-order chi connectivity index (χ0) is 16.9. The summed E-state index contributed by atoms with van der Waals surface area (Å²) in [6.45, 7) is 6.11. The van der Waals surface area contributed by atoms with Crippen LogP contribution in [0.5, 0.6) is 0 Å². The van der Waals surface area contributed by atoms with Crippen molar-refractivity contribution in [1.82, 2.24) is 4.98 Å². The van der Waals surface area contributed by atoms with Crippen molar-refractivity contribution in [2.45, 2.75) is 33.1 Å². The number of aromatic nitrogens is 1. The van der Waals surface area contributed by atoms with Crippen molar-refractivity contribution in [3.8, 4) is 0 Å². The largest absolute Gasteiger partial charge is 0.340 e. The number of rotatable bonds is 7. The van der Waals surface area contributed by atoms with Crippen LogP contribution < -0.4 is 10.0 Å². The standard InChI is InChI=1S/C17H23N3O2S/c1-4-11-23(21,22)20-14-9-10-17(18-12-14)19-16-8-6-5-7-15(16)13(2)3/h5-10,12-13,20H,4,11H2,1-3H3,(H,18,19). The molecule has 1 aromatic carbocycles. The number of pyridine rings is 1. The number of hydrogen-bond donors (Lipinski definition) is 2. The van der Waals surface area contributed by atoms with Gasteiger partial charge in [0.1, 0.15) is 5.82 Å². The maximum atomic E-state index is 11.7. The quantitative estimate of drug-likeness (QED) is 0.800. The molecule has 0 bridgehead atoms. The first-order chi connectivity index (χ1) is 10.9. The van der Waals surface area contributed by atoms with Crippen LogP contribution in [-0.4, -0.2) is 19.2 Å². The van der Waals surface area contributed by atoms with Gasteiger partial charge in [0.2, 0.25) is 10.0 Å². The zero-order valence-corrected chi connectivity index (χ0v) is 14.5. The van der Waals surface area contributed by atoms with Gasteiger partial charge in [0.15, 0.2) is 0 Å². The maximum Gasteiger partial charge on any atom is 0.232 e. The molecule has 124 valence electrons. The summed E-state index contributed by atoms with van der Waals surface area (Å²) in [5, 5.41) is 3.28. The third-order valence-electron chi connectivity index (χ3n) is 3.36. The Morgan fingerprint density at radius 3 is 2.48 bits per heavy atom. The summed E-state index contributed by atoms with van der Waals surface area (Å²) in [5.41, 5.74) is 2.69. The van der Waals surface area contributed by atoms with Crippen LogP contribution in [0.2, 0.25) is 0 Å². The molecule has 0 amide bonds. The third-order valence-corrected chi connectivity index (χ3v) is 4.85. The maximum absolute atomic E-state index is 11.7. The van der Waals surface area contributed by atoms with Gasteiger partial charge in [-0.1, -0.05) is 39.0 Å². The fraction of sp³-hybridized carbons (Fsp3) is 0.353. The number of hydrogen-bond acceptors (Lipinski definition) is 4. The van der Waals surface area contributed by atoms with Crippen LogP contribution in [-0.2, 0) is 10.0 Å². The van der Waals surface area contributed by atoms with E-state index in [-0.39, 0.29) is 5.75 Å². The monoisotopic (exact) mass is 333 g/mol. The van der Waals surface area contributed by atoms with E-state index in [1.807, 2.05) is 25.1 Å². The van der Waals surface area contributed by atoms with Gasteiger partial charge < -0.3 is 5.32 Å². The Morgan fingerprint density at radius 1 is 1.13 bits per heavy atom. The second-order valence-corrected chi connectivity index (χ2v) is 7.56. The average molecular weight is 333 g/mol. The fourth-order valence-corrected chi connectivity index (χ4v) is 3.40. The molecule has 2 N–H and O–H groups in total. The summed E-state index contributed by atoms with van der Waals surface area (Å²) >= 11 is 0. The Labute approximate surface area is 138 Å². The van der Waals surface area contributed by atoms with Crippen molar-refractivity contribution in [3.05, 3.63) is 48.2 Å². The van der Waals surface area contributed by atoms with Gasteiger partial charge in [0.05, 0.1) is 17.6 Å². The molecule has 0 saturated carbocycles.